The first kappa shape index (κ1) is 19.9. The summed E-state index contributed by atoms with van der Waals surface area (Å²) in [6, 6.07) is 15.6. The number of fused-ring (bicyclic) bond motifs is 1. The summed E-state index contributed by atoms with van der Waals surface area (Å²) in [6.45, 7) is 4.08. The van der Waals surface area contributed by atoms with Crippen molar-refractivity contribution in [1.82, 2.24) is 19.5 Å². The Morgan fingerprint density at radius 2 is 2.00 bits per heavy atom. The standard InChI is InChI=1S/C22H21N5O2S/c1-3-15-5-4-6-16(11-15)25-18(28)12-30-22-26-19-20(23-13-24-21(19)29)27(22)17-9-7-14(2)8-10-17/h4-11,13H,3,12H2,1-2H3,(H,25,28)(H,23,24,29). The molecule has 0 bridgehead atoms. The number of H-pyrrole nitrogens is 1. The molecule has 2 heterocycles. The van der Waals surface area contributed by atoms with Crippen molar-refractivity contribution in [3.8, 4) is 5.69 Å². The van der Waals surface area contributed by atoms with Gasteiger partial charge in [0.2, 0.25) is 5.91 Å². The van der Waals surface area contributed by atoms with Gasteiger partial charge in [0, 0.05) is 11.4 Å². The van der Waals surface area contributed by atoms with E-state index in [1.807, 2.05) is 55.5 Å². The first-order chi connectivity index (χ1) is 14.5. The molecule has 0 saturated heterocycles. The average molecular weight is 420 g/mol. The number of nitrogens with one attached hydrogen (secondary N) is 2. The fraction of sp³-hybridized carbons (Fsp3) is 0.182. The molecule has 0 aliphatic carbocycles. The number of hydrogen-bond donors (Lipinski definition) is 2. The number of imidazole rings is 1. The molecule has 0 unspecified atom stereocenters. The van der Waals surface area contributed by atoms with Gasteiger partial charge in [0.05, 0.1) is 12.1 Å². The fourth-order valence-corrected chi connectivity index (χ4v) is 3.91. The molecule has 0 saturated carbocycles. The van der Waals surface area contributed by atoms with E-state index in [-0.39, 0.29) is 22.7 Å². The zero-order valence-electron chi connectivity index (χ0n) is 16.7. The Hall–Kier alpha value is -3.39. The first-order valence-electron chi connectivity index (χ1n) is 9.60. The van der Waals surface area contributed by atoms with Crippen molar-refractivity contribution in [2.75, 3.05) is 11.1 Å². The van der Waals surface area contributed by atoms with Gasteiger partial charge in [0.25, 0.3) is 5.56 Å². The predicted octanol–water partition coefficient (Wildman–Crippen LogP) is 3.71. The Morgan fingerprint density at radius 3 is 2.77 bits per heavy atom. The van der Waals surface area contributed by atoms with Crippen LogP contribution < -0.4 is 10.9 Å². The largest absolute Gasteiger partial charge is 0.325 e. The summed E-state index contributed by atoms with van der Waals surface area (Å²) >= 11 is 1.26. The lowest BCUT2D eigenvalue weighted by Crippen LogP contribution is -2.14. The molecule has 1 amide bonds. The second-order valence-corrected chi connectivity index (χ2v) is 7.80. The monoisotopic (exact) mass is 419 g/mol. The molecule has 4 aromatic rings. The Labute approximate surface area is 177 Å². The number of thioether (sulfide) groups is 1. The maximum absolute atomic E-state index is 12.5. The highest BCUT2D eigenvalue weighted by Gasteiger charge is 2.17. The molecule has 8 heteroatoms. The second-order valence-electron chi connectivity index (χ2n) is 6.86. The van der Waals surface area contributed by atoms with Gasteiger partial charge >= 0.3 is 0 Å². The number of aromatic amines is 1. The number of benzene rings is 2. The van der Waals surface area contributed by atoms with Crippen LogP contribution in [0.4, 0.5) is 5.69 Å². The Balaban J connectivity index is 1.61. The van der Waals surface area contributed by atoms with Crippen LogP contribution in [-0.4, -0.2) is 31.2 Å². The van der Waals surface area contributed by atoms with Crippen LogP contribution in [0.1, 0.15) is 18.1 Å². The van der Waals surface area contributed by atoms with Crippen molar-refractivity contribution in [2.24, 2.45) is 0 Å². The van der Waals surface area contributed by atoms with Gasteiger partial charge in [-0.2, -0.15) is 0 Å². The van der Waals surface area contributed by atoms with Crippen LogP contribution in [0, 0.1) is 6.92 Å². The van der Waals surface area contributed by atoms with Gasteiger partial charge in [0.1, 0.15) is 0 Å². The van der Waals surface area contributed by atoms with Crippen molar-refractivity contribution < 1.29 is 4.79 Å². The molecule has 152 valence electrons. The number of aryl methyl sites for hydroxylation is 2. The number of aromatic nitrogens is 4. The zero-order chi connectivity index (χ0) is 21.1. The fourth-order valence-electron chi connectivity index (χ4n) is 3.10. The van der Waals surface area contributed by atoms with Crippen molar-refractivity contribution in [3.63, 3.8) is 0 Å². The van der Waals surface area contributed by atoms with E-state index in [0.29, 0.717) is 10.8 Å². The third-order valence-electron chi connectivity index (χ3n) is 4.66. The SMILES string of the molecule is CCc1cccc(NC(=O)CSc2nc3c(=O)[nH]cnc3n2-c2ccc(C)cc2)c1. The molecule has 2 aromatic heterocycles. The highest BCUT2D eigenvalue weighted by Crippen LogP contribution is 2.26. The summed E-state index contributed by atoms with van der Waals surface area (Å²) in [4.78, 5) is 36.0. The molecule has 2 N–H and O–H groups in total. The van der Waals surface area contributed by atoms with Gasteiger partial charge in [-0.1, -0.05) is 48.5 Å². The number of carbonyl (C=O) groups is 1. The molecule has 0 atom stereocenters. The van der Waals surface area contributed by atoms with Crippen LogP contribution in [-0.2, 0) is 11.2 Å². The van der Waals surface area contributed by atoms with E-state index in [1.54, 1.807) is 4.57 Å². The van der Waals surface area contributed by atoms with Crippen LogP contribution in [0.3, 0.4) is 0 Å². The summed E-state index contributed by atoms with van der Waals surface area (Å²) in [5.74, 6) is 0.0151. The van der Waals surface area contributed by atoms with E-state index in [0.717, 1.165) is 28.9 Å². The van der Waals surface area contributed by atoms with Gasteiger partial charge in [0.15, 0.2) is 16.3 Å². The van der Waals surface area contributed by atoms with E-state index in [2.05, 4.69) is 27.2 Å². The maximum Gasteiger partial charge on any atom is 0.278 e. The predicted molar refractivity (Wildman–Crippen MR) is 119 cm³/mol. The minimum atomic E-state index is -0.312. The summed E-state index contributed by atoms with van der Waals surface area (Å²) in [6.07, 6.45) is 2.26. The average Bonchev–Trinajstić information content (AvgIpc) is 3.13. The minimum absolute atomic E-state index is 0.141. The highest BCUT2D eigenvalue weighted by molar-refractivity contribution is 7.99. The normalized spacial score (nSPS) is 11.0. The van der Waals surface area contributed by atoms with Crippen molar-refractivity contribution in [1.29, 1.82) is 0 Å². The molecule has 4 rings (SSSR count). The second kappa shape index (κ2) is 8.54. The van der Waals surface area contributed by atoms with Crippen LogP contribution in [0.2, 0.25) is 0 Å². The molecular formula is C22H21N5O2S. The molecule has 7 nitrogen and oxygen atoms in total. The molecule has 0 aliphatic heterocycles. The summed E-state index contributed by atoms with van der Waals surface area (Å²) in [5, 5.41) is 3.46. The lowest BCUT2D eigenvalue weighted by molar-refractivity contribution is -0.113. The Bertz CT molecular complexity index is 1260. The van der Waals surface area contributed by atoms with E-state index < -0.39 is 0 Å². The van der Waals surface area contributed by atoms with Crippen LogP contribution in [0.15, 0.2) is 64.8 Å². The van der Waals surface area contributed by atoms with Crippen molar-refractivity contribution in [3.05, 3.63) is 76.3 Å². The van der Waals surface area contributed by atoms with Crippen LogP contribution in [0.5, 0.6) is 0 Å². The van der Waals surface area contributed by atoms with Crippen LogP contribution in [0.25, 0.3) is 16.9 Å². The van der Waals surface area contributed by atoms with Crippen molar-refractivity contribution in [2.45, 2.75) is 25.4 Å². The number of anilines is 1. The van der Waals surface area contributed by atoms with Gasteiger partial charge in [-0.15, -0.1) is 0 Å². The topological polar surface area (TPSA) is 92.7 Å². The molecule has 0 radical (unpaired) electrons. The molecule has 0 spiro atoms. The van der Waals surface area contributed by atoms with E-state index >= 15 is 0 Å². The molecule has 2 aromatic carbocycles. The van der Waals surface area contributed by atoms with Gasteiger partial charge in [-0.05, 0) is 43.2 Å². The number of amides is 1. The minimum Gasteiger partial charge on any atom is -0.325 e. The lowest BCUT2D eigenvalue weighted by Gasteiger charge is -2.09. The van der Waals surface area contributed by atoms with Crippen LogP contribution >= 0.6 is 11.8 Å². The van der Waals surface area contributed by atoms with Gasteiger partial charge in [-0.3, -0.25) is 14.2 Å². The number of carbonyl (C=O) groups excluding carboxylic acids is 1. The molecule has 0 fully saturated rings. The summed E-state index contributed by atoms with van der Waals surface area (Å²) < 4.78 is 1.81. The number of nitrogens with zero attached hydrogens (tertiary/aromatic N) is 3. The number of rotatable bonds is 6. The van der Waals surface area contributed by atoms with E-state index in [1.165, 1.54) is 18.1 Å². The van der Waals surface area contributed by atoms with Gasteiger partial charge < -0.3 is 10.3 Å². The van der Waals surface area contributed by atoms with Crippen molar-refractivity contribution >= 4 is 34.5 Å². The summed E-state index contributed by atoms with van der Waals surface area (Å²) in [7, 11) is 0. The lowest BCUT2D eigenvalue weighted by atomic mass is 10.1. The first-order valence-corrected chi connectivity index (χ1v) is 10.6. The molecular weight excluding hydrogens is 398 g/mol. The molecule has 0 aliphatic rings. The quantitative estimate of drug-likeness (QED) is 0.465. The van der Waals surface area contributed by atoms with E-state index in [4.69, 9.17) is 0 Å². The number of hydrogen-bond acceptors (Lipinski definition) is 5. The summed E-state index contributed by atoms with van der Waals surface area (Å²) in [5.41, 5.74) is 4.28. The highest BCUT2D eigenvalue weighted by atomic mass is 32.2. The third-order valence-corrected chi connectivity index (χ3v) is 5.60. The molecule has 30 heavy (non-hydrogen) atoms. The smallest absolute Gasteiger partial charge is 0.278 e. The maximum atomic E-state index is 12.5. The Morgan fingerprint density at radius 1 is 1.20 bits per heavy atom. The zero-order valence-corrected chi connectivity index (χ0v) is 17.5. The third kappa shape index (κ3) is 4.13. The Kier molecular flexibility index (Phi) is 5.67. The van der Waals surface area contributed by atoms with E-state index in [9.17, 15) is 9.59 Å². The van der Waals surface area contributed by atoms with Gasteiger partial charge in [-0.25, -0.2) is 9.97 Å².